The van der Waals surface area contributed by atoms with E-state index in [0.717, 1.165) is 11.6 Å². The van der Waals surface area contributed by atoms with Crippen LogP contribution in [-0.4, -0.2) is 16.2 Å². The number of carboxylic acid groups (broad SMARTS) is 1. The molecule has 0 saturated carbocycles. The van der Waals surface area contributed by atoms with E-state index in [9.17, 15) is 9.90 Å². The molecule has 1 unspecified atom stereocenters. The summed E-state index contributed by atoms with van der Waals surface area (Å²) in [6.45, 7) is 1.73. The third-order valence-electron chi connectivity index (χ3n) is 2.40. The molecule has 1 atom stereocenters. The van der Waals surface area contributed by atoms with Gasteiger partial charge in [0, 0.05) is 6.08 Å². The Morgan fingerprint density at radius 1 is 1.29 bits per heavy atom. The van der Waals surface area contributed by atoms with Gasteiger partial charge in [-0.1, -0.05) is 48.6 Å². The Labute approximate surface area is 101 Å². The fourth-order valence-corrected chi connectivity index (χ4v) is 1.43. The third kappa shape index (κ3) is 4.66. The van der Waals surface area contributed by atoms with Crippen molar-refractivity contribution in [2.75, 3.05) is 0 Å². The Bertz CT molecular complexity index is 416. The molecule has 2 N–H and O–H groups in total. The Morgan fingerprint density at radius 2 is 1.94 bits per heavy atom. The lowest BCUT2D eigenvalue weighted by atomic mass is 9.92. The third-order valence-corrected chi connectivity index (χ3v) is 2.40. The van der Waals surface area contributed by atoms with Crippen LogP contribution in [-0.2, 0) is 10.4 Å². The molecule has 0 aliphatic rings. The molecule has 0 aliphatic carbocycles. The monoisotopic (exact) mass is 232 g/mol. The van der Waals surface area contributed by atoms with Gasteiger partial charge in [-0.2, -0.15) is 0 Å². The summed E-state index contributed by atoms with van der Waals surface area (Å²) in [5, 5.41) is 18.6. The van der Waals surface area contributed by atoms with Crippen LogP contribution < -0.4 is 0 Å². The van der Waals surface area contributed by atoms with E-state index in [1.54, 1.807) is 19.1 Å². The van der Waals surface area contributed by atoms with E-state index in [1.165, 1.54) is 6.08 Å². The molecule has 0 fully saturated rings. The van der Waals surface area contributed by atoms with Crippen LogP contribution in [0.15, 0.2) is 54.6 Å². The van der Waals surface area contributed by atoms with Crippen LogP contribution >= 0.6 is 0 Å². The van der Waals surface area contributed by atoms with Crippen LogP contribution in [0.25, 0.3) is 0 Å². The average Bonchev–Trinajstić information content (AvgIpc) is 2.29. The smallest absolute Gasteiger partial charge is 0.328 e. The molecule has 0 amide bonds. The SMILES string of the molecule is CC(O)(C/C=C/C=C/C(=O)O)c1ccccc1. The number of carboxylic acids is 1. The summed E-state index contributed by atoms with van der Waals surface area (Å²) in [4.78, 5) is 10.2. The maximum Gasteiger partial charge on any atom is 0.328 e. The van der Waals surface area contributed by atoms with Gasteiger partial charge in [0.05, 0.1) is 5.60 Å². The number of aliphatic hydroxyl groups is 1. The molecule has 1 aromatic rings. The first-order valence-corrected chi connectivity index (χ1v) is 5.36. The quantitative estimate of drug-likeness (QED) is 0.605. The van der Waals surface area contributed by atoms with Crippen molar-refractivity contribution in [2.45, 2.75) is 18.9 Å². The number of aliphatic carboxylic acids is 1. The maximum atomic E-state index is 10.2. The lowest BCUT2D eigenvalue weighted by Crippen LogP contribution is -2.19. The second kappa shape index (κ2) is 6.01. The Kier molecular flexibility index (Phi) is 4.67. The predicted molar refractivity (Wildman–Crippen MR) is 66.5 cm³/mol. The Morgan fingerprint density at radius 3 is 2.53 bits per heavy atom. The van der Waals surface area contributed by atoms with E-state index in [2.05, 4.69) is 0 Å². The molecule has 0 heterocycles. The first-order valence-electron chi connectivity index (χ1n) is 5.36. The number of hydrogen-bond acceptors (Lipinski definition) is 2. The van der Waals surface area contributed by atoms with Gasteiger partial charge in [0.15, 0.2) is 0 Å². The number of hydrogen-bond donors (Lipinski definition) is 2. The van der Waals surface area contributed by atoms with Crippen molar-refractivity contribution in [1.82, 2.24) is 0 Å². The van der Waals surface area contributed by atoms with E-state index in [1.807, 2.05) is 30.3 Å². The summed E-state index contributed by atoms with van der Waals surface area (Å²) in [6.07, 6.45) is 6.27. The number of rotatable bonds is 5. The summed E-state index contributed by atoms with van der Waals surface area (Å²) < 4.78 is 0. The van der Waals surface area contributed by atoms with Crippen molar-refractivity contribution < 1.29 is 15.0 Å². The van der Waals surface area contributed by atoms with Crippen molar-refractivity contribution in [3.63, 3.8) is 0 Å². The fourth-order valence-electron chi connectivity index (χ4n) is 1.43. The number of carbonyl (C=O) groups is 1. The summed E-state index contributed by atoms with van der Waals surface area (Å²) >= 11 is 0. The summed E-state index contributed by atoms with van der Waals surface area (Å²) in [6, 6.07) is 9.36. The zero-order valence-corrected chi connectivity index (χ0v) is 9.71. The van der Waals surface area contributed by atoms with Crippen LogP contribution in [0.4, 0.5) is 0 Å². The first kappa shape index (κ1) is 13.2. The highest BCUT2D eigenvalue weighted by molar-refractivity contribution is 5.80. The summed E-state index contributed by atoms with van der Waals surface area (Å²) in [5.74, 6) is -0.982. The number of allylic oxidation sites excluding steroid dienone is 2. The largest absolute Gasteiger partial charge is 0.478 e. The molecular weight excluding hydrogens is 216 g/mol. The van der Waals surface area contributed by atoms with Crippen LogP contribution in [0.5, 0.6) is 0 Å². The molecule has 3 nitrogen and oxygen atoms in total. The highest BCUT2D eigenvalue weighted by Gasteiger charge is 2.20. The fraction of sp³-hybridized carbons (Fsp3) is 0.214. The molecule has 0 aliphatic heterocycles. The normalized spacial score (nSPS) is 15.2. The summed E-state index contributed by atoms with van der Waals surface area (Å²) in [7, 11) is 0. The molecule has 0 aromatic heterocycles. The van der Waals surface area contributed by atoms with Gasteiger partial charge in [0.25, 0.3) is 0 Å². The highest BCUT2D eigenvalue weighted by Crippen LogP contribution is 2.24. The highest BCUT2D eigenvalue weighted by atomic mass is 16.4. The van der Waals surface area contributed by atoms with Crippen molar-refractivity contribution in [1.29, 1.82) is 0 Å². The van der Waals surface area contributed by atoms with E-state index in [-0.39, 0.29) is 0 Å². The molecule has 1 rings (SSSR count). The molecule has 0 bridgehead atoms. The van der Waals surface area contributed by atoms with Gasteiger partial charge < -0.3 is 10.2 Å². The Balaban J connectivity index is 2.59. The second-order valence-electron chi connectivity index (χ2n) is 3.97. The molecule has 0 saturated heterocycles. The van der Waals surface area contributed by atoms with E-state index < -0.39 is 11.6 Å². The lowest BCUT2D eigenvalue weighted by Gasteiger charge is -2.21. The van der Waals surface area contributed by atoms with Gasteiger partial charge in [0.1, 0.15) is 0 Å². The van der Waals surface area contributed by atoms with Gasteiger partial charge in [-0.3, -0.25) is 0 Å². The molecule has 90 valence electrons. The molecule has 3 heteroatoms. The molecule has 17 heavy (non-hydrogen) atoms. The van der Waals surface area contributed by atoms with Crippen LogP contribution in [0.3, 0.4) is 0 Å². The standard InChI is InChI=1S/C14H16O3/c1-14(17,12-8-4-2-5-9-12)11-7-3-6-10-13(15)16/h2-10,17H,11H2,1H3,(H,15,16)/b7-3+,10-6+. The van der Waals surface area contributed by atoms with E-state index in [0.29, 0.717) is 6.42 Å². The minimum absolute atomic E-state index is 0.432. The Hall–Kier alpha value is -1.87. The van der Waals surface area contributed by atoms with Gasteiger partial charge in [-0.25, -0.2) is 4.79 Å². The first-order chi connectivity index (χ1) is 8.02. The van der Waals surface area contributed by atoms with Crippen LogP contribution in [0, 0.1) is 0 Å². The maximum absolute atomic E-state index is 10.2. The van der Waals surface area contributed by atoms with Gasteiger partial charge in [-0.15, -0.1) is 0 Å². The summed E-state index contributed by atoms with van der Waals surface area (Å²) in [5.41, 5.74) is -0.0960. The van der Waals surface area contributed by atoms with Crippen LogP contribution in [0.2, 0.25) is 0 Å². The van der Waals surface area contributed by atoms with E-state index in [4.69, 9.17) is 5.11 Å². The van der Waals surface area contributed by atoms with E-state index >= 15 is 0 Å². The minimum atomic E-state index is -0.982. The lowest BCUT2D eigenvalue weighted by molar-refractivity contribution is -0.131. The minimum Gasteiger partial charge on any atom is -0.478 e. The van der Waals surface area contributed by atoms with Gasteiger partial charge >= 0.3 is 5.97 Å². The molecule has 0 spiro atoms. The second-order valence-corrected chi connectivity index (χ2v) is 3.97. The van der Waals surface area contributed by atoms with Crippen molar-refractivity contribution >= 4 is 5.97 Å². The zero-order valence-electron chi connectivity index (χ0n) is 9.71. The van der Waals surface area contributed by atoms with Crippen molar-refractivity contribution in [3.05, 3.63) is 60.2 Å². The van der Waals surface area contributed by atoms with Crippen LogP contribution in [0.1, 0.15) is 18.9 Å². The molecular formula is C14H16O3. The van der Waals surface area contributed by atoms with Crippen molar-refractivity contribution in [3.8, 4) is 0 Å². The molecule has 1 aromatic carbocycles. The predicted octanol–water partition coefficient (Wildman–Crippen LogP) is 2.48. The van der Waals surface area contributed by atoms with Gasteiger partial charge in [0.2, 0.25) is 0 Å². The number of benzene rings is 1. The molecule has 0 radical (unpaired) electrons. The van der Waals surface area contributed by atoms with Crippen molar-refractivity contribution in [2.24, 2.45) is 0 Å². The average molecular weight is 232 g/mol. The van der Waals surface area contributed by atoms with Gasteiger partial charge in [-0.05, 0) is 18.9 Å². The topological polar surface area (TPSA) is 57.5 Å². The zero-order chi connectivity index (χ0) is 12.7.